The van der Waals surface area contributed by atoms with Gasteiger partial charge in [-0.25, -0.2) is 0 Å². The van der Waals surface area contributed by atoms with Crippen LogP contribution in [0.4, 0.5) is 0 Å². The van der Waals surface area contributed by atoms with E-state index in [2.05, 4.69) is 0 Å². The average molecular weight is 356 g/mol. The van der Waals surface area contributed by atoms with Crippen molar-refractivity contribution < 1.29 is 14.6 Å². The van der Waals surface area contributed by atoms with Gasteiger partial charge in [-0.3, -0.25) is 0 Å². The number of aromatic carboxylic acids is 1. The molecular formula is C14H12O3Te. The van der Waals surface area contributed by atoms with Gasteiger partial charge in [-0.05, 0) is 0 Å². The molecule has 0 bridgehead atoms. The summed E-state index contributed by atoms with van der Waals surface area (Å²) in [6, 6.07) is 15.0. The first-order chi connectivity index (χ1) is 8.70. The number of ether oxygens (including phenoxy) is 1. The van der Waals surface area contributed by atoms with Crippen LogP contribution in [-0.2, 0) is 0 Å². The molecule has 0 aliphatic carbocycles. The monoisotopic (exact) mass is 358 g/mol. The fraction of sp³-hybridized carbons (Fsp3) is 0.0714. The van der Waals surface area contributed by atoms with Crippen molar-refractivity contribution in [3.8, 4) is 5.75 Å². The summed E-state index contributed by atoms with van der Waals surface area (Å²) in [6.45, 7) is 0. The fourth-order valence-corrected chi connectivity index (χ4v) is 4.18. The van der Waals surface area contributed by atoms with Gasteiger partial charge in [0, 0.05) is 0 Å². The zero-order valence-electron chi connectivity index (χ0n) is 9.79. The Labute approximate surface area is 115 Å². The van der Waals surface area contributed by atoms with Crippen molar-refractivity contribution in [2.75, 3.05) is 7.11 Å². The first-order valence-corrected chi connectivity index (χ1v) is 7.68. The van der Waals surface area contributed by atoms with E-state index in [1.165, 1.54) is 3.61 Å². The Morgan fingerprint density at radius 3 is 2.39 bits per heavy atom. The van der Waals surface area contributed by atoms with E-state index in [1.54, 1.807) is 19.2 Å². The van der Waals surface area contributed by atoms with E-state index in [9.17, 15) is 4.79 Å². The molecular weight excluding hydrogens is 344 g/mol. The molecule has 0 saturated carbocycles. The molecule has 92 valence electrons. The van der Waals surface area contributed by atoms with E-state index in [0.29, 0.717) is 5.56 Å². The molecule has 0 aromatic heterocycles. The van der Waals surface area contributed by atoms with E-state index >= 15 is 0 Å². The molecule has 18 heavy (non-hydrogen) atoms. The SMILES string of the molecule is COc1ccc([Te]c2ccccc2C(=O)O)cc1. The number of carboxylic acids is 1. The van der Waals surface area contributed by atoms with Gasteiger partial charge in [-0.15, -0.1) is 0 Å². The molecule has 2 rings (SSSR count). The Morgan fingerprint density at radius 1 is 1.11 bits per heavy atom. The zero-order valence-corrected chi connectivity index (χ0v) is 12.1. The van der Waals surface area contributed by atoms with Crippen LogP contribution in [0, 0.1) is 0 Å². The van der Waals surface area contributed by atoms with Crippen LogP contribution in [0.25, 0.3) is 0 Å². The van der Waals surface area contributed by atoms with Crippen LogP contribution in [0.15, 0.2) is 48.5 Å². The fourth-order valence-electron chi connectivity index (χ4n) is 1.50. The summed E-state index contributed by atoms with van der Waals surface area (Å²) in [5.74, 6) is -0.0399. The van der Waals surface area contributed by atoms with E-state index < -0.39 is 26.9 Å². The Balaban J connectivity index is 2.25. The van der Waals surface area contributed by atoms with Gasteiger partial charge in [0.2, 0.25) is 0 Å². The Bertz CT molecular complexity index is 549. The van der Waals surface area contributed by atoms with E-state index in [0.717, 1.165) is 9.36 Å². The molecule has 0 saturated heterocycles. The number of rotatable bonds is 4. The van der Waals surface area contributed by atoms with Crippen LogP contribution in [0.1, 0.15) is 10.4 Å². The van der Waals surface area contributed by atoms with Crippen molar-refractivity contribution >= 4 is 34.1 Å². The Kier molecular flexibility index (Phi) is 4.24. The Hall–Kier alpha value is -1.50. The summed E-state index contributed by atoms with van der Waals surface area (Å²) < 4.78 is 7.24. The average Bonchev–Trinajstić information content (AvgIpc) is 2.40. The molecule has 1 N–H and O–H groups in total. The molecule has 3 nitrogen and oxygen atoms in total. The topological polar surface area (TPSA) is 46.5 Å². The predicted molar refractivity (Wildman–Crippen MR) is 71.4 cm³/mol. The van der Waals surface area contributed by atoms with Gasteiger partial charge in [0.15, 0.2) is 0 Å². The second-order valence-electron chi connectivity index (χ2n) is 3.58. The van der Waals surface area contributed by atoms with Crippen LogP contribution < -0.4 is 12.0 Å². The minimum atomic E-state index is -0.857. The number of hydrogen-bond donors (Lipinski definition) is 1. The molecule has 0 radical (unpaired) electrons. The summed E-state index contributed by atoms with van der Waals surface area (Å²) in [4.78, 5) is 11.1. The van der Waals surface area contributed by atoms with Crippen LogP contribution in [-0.4, -0.2) is 39.1 Å². The quantitative estimate of drug-likeness (QED) is 0.834. The minimum absolute atomic E-state index is 0.413. The second kappa shape index (κ2) is 5.90. The normalized spacial score (nSPS) is 10.1. The number of carbonyl (C=O) groups is 1. The molecule has 0 aliphatic rings. The summed E-state index contributed by atoms with van der Waals surface area (Å²) in [6.07, 6.45) is 0. The van der Waals surface area contributed by atoms with E-state index in [-0.39, 0.29) is 0 Å². The van der Waals surface area contributed by atoms with Crippen LogP contribution in [0.5, 0.6) is 5.75 Å². The summed E-state index contributed by atoms with van der Waals surface area (Å²) in [7, 11) is 1.63. The van der Waals surface area contributed by atoms with E-state index in [4.69, 9.17) is 9.84 Å². The van der Waals surface area contributed by atoms with Gasteiger partial charge < -0.3 is 0 Å². The molecule has 2 aromatic rings. The molecule has 0 fully saturated rings. The molecule has 0 heterocycles. The molecule has 2 aromatic carbocycles. The van der Waals surface area contributed by atoms with Gasteiger partial charge >= 0.3 is 116 Å². The molecule has 0 amide bonds. The standard InChI is InChI=1S/C14H12O3Te/c1-17-10-6-8-11(9-7-10)18-13-5-3-2-4-12(13)14(15)16/h2-9H,1H3,(H,15,16). The summed E-state index contributed by atoms with van der Waals surface area (Å²) >= 11 is -0.678. The Morgan fingerprint density at radius 2 is 1.78 bits per heavy atom. The number of hydrogen-bond acceptors (Lipinski definition) is 2. The molecule has 4 heteroatoms. The van der Waals surface area contributed by atoms with E-state index in [1.807, 2.05) is 36.4 Å². The maximum atomic E-state index is 11.1. The first kappa shape index (κ1) is 12.9. The maximum absolute atomic E-state index is 11.1. The van der Waals surface area contributed by atoms with Gasteiger partial charge in [0.05, 0.1) is 0 Å². The molecule has 0 unspecified atom stereocenters. The van der Waals surface area contributed by atoms with Crippen molar-refractivity contribution in [1.82, 2.24) is 0 Å². The first-order valence-electron chi connectivity index (χ1n) is 5.35. The number of carboxylic acid groups (broad SMARTS) is 1. The van der Waals surface area contributed by atoms with Crippen molar-refractivity contribution in [3.63, 3.8) is 0 Å². The molecule has 0 atom stereocenters. The van der Waals surface area contributed by atoms with Crippen LogP contribution in [0.3, 0.4) is 0 Å². The number of methoxy groups -OCH3 is 1. The molecule has 0 spiro atoms. The predicted octanol–water partition coefficient (Wildman–Crippen LogP) is 1.05. The summed E-state index contributed by atoms with van der Waals surface area (Å²) in [5, 5.41) is 9.13. The molecule has 0 aliphatic heterocycles. The van der Waals surface area contributed by atoms with Crippen molar-refractivity contribution in [3.05, 3.63) is 54.1 Å². The van der Waals surface area contributed by atoms with Crippen molar-refractivity contribution in [2.45, 2.75) is 0 Å². The van der Waals surface area contributed by atoms with Gasteiger partial charge in [0.1, 0.15) is 0 Å². The third-order valence-electron chi connectivity index (χ3n) is 2.40. The number of benzene rings is 2. The van der Waals surface area contributed by atoms with Crippen LogP contribution in [0.2, 0.25) is 0 Å². The van der Waals surface area contributed by atoms with Crippen molar-refractivity contribution in [1.29, 1.82) is 0 Å². The van der Waals surface area contributed by atoms with Crippen LogP contribution >= 0.6 is 0 Å². The van der Waals surface area contributed by atoms with Gasteiger partial charge in [-0.1, -0.05) is 0 Å². The van der Waals surface area contributed by atoms with Crippen molar-refractivity contribution in [2.24, 2.45) is 0 Å². The third-order valence-corrected chi connectivity index (χ3v) is 5.50. The van der Waals surface area contributed by atoms with Gasteiger partial charge in [0.25, 0.3) is 0 Å². The zero-order chi connectivity index (χ0) is 13.0. The third kappa shape index (κ3) is 3.04. The summed E-state index contributed by atoms with van der Waals surface area (Å²) in [5.41, 5.74) is 0.413. The van der Waals surface area contributed by atoms with Gasteiger partial charge in [-0.2, -0.15) is 0 Å². The second-order valence-corrected chi connectivity index (χ2v) is 6.76.